The summed E-state index contributed by atoms with van der Waals surface area (Å²) in [5, 5.41) is 12.3. The van der Waals surface area contributed by atoms with Gasteiger partial charge in [-0.15, -0.1) is 0 Å². The maximum atomic E-state index is 13.1. The van der Waals surface area contributed by atoms with Crippen LogP contribution in [0.5, 0.6) is 0 Å². The zero-order valence-electron chi connectivity index (χ0n) is 18.5. The van der Waals surface area contributed by atoms with E-state index in [1.807, 2.05) is 30.3 Å². The molecule has 2 fully saturated rings. The predicted molar refractivity (Wildman–Crippen MR) is 124 cm³/mol. The molecule has 0 bridgehead atoms. The summed E-state index contributed by atoms with van der Waals surface area (Å²) >= 11 is 0. The minimum Gasteiger partial charge on any atom is -0.465 e. The Bertz CT molecular complexity index is 1140. The first-order valence-electron chi connectivity index (χ1n) is 11.0. The number of carbonyl (C=O) groups excluding carboxylic acids is 1. The topological polar surface area (TPSA) is 116 Å². The molecule has 2 amide bonds. The predicted octanol–water partition coefficient (Wildman–Crippen LogP) is 2.40. The summed E-state index contributed by atoms with van der Waals surface area (Å²) in [5.41, 5.74) is 1.57. The quantitative estimate of drug-likeness (QED) is 0.555. The average molecular weight is 486 g/mol. The third kappa shape index (κ3) is 5.30. The van der Waals surface area contributed by atoms with Crippen LogP contribution in [0.2, 0.25) is 0 Å². The van der Waals surface area contributed by atoms with E-state index < -0.39 is 22.3 Å². The molecule has 180 valence electrons. The highest BCUT2D eigenvalue weighted by Crippen LogP contribution is 2.35. The van der Waals surface area contributed by atoms with Crippen LogP contribution in [-0.2, 0) is 32.6 Å². The highest BCUT2D eigenvalue weighted by Gasteiger charge is 2.46. The van der Waals surface area contributed by atoms with Crippen molar-refractivity contribution in [2.75, 3.05) is 13.1 Å². The van der Waals surface area contributed by atoms with Crippen molar-refractivity contribution >= 4 is 22.0 Å². The zero-order chi connectivity index (χ0) is 24.3. The fourth-order valence-corrected chi connectivity index (χ4v) is 5.87. The smallest absolute Gasteiger partial charge is 0.407 e. The van der Waals surface area contributed by atoms with Crippen molar-refractivity contribution in [2.24, 2.45) is 5.92 Å². The fraction of sp³-hybridized carbons (Fsp3) is 0.333. The number of nitrogens with one attached hydrogen (secondary N) is 1. The minimum atomic E-state index is -3.72. The molecule has 2 aromatic carbocycles. The summed E-state index contributed by atoms with van der Waals surface area (Å²) in [7, 11) is -3.72. The Labute approximate surface area is 198 Å². The van der Waals surface area contributed by atoms with Gasteiger partial charge in [0.2, 0.25) is 15.9 Å². The molecule has 0 spiro atoms. The van der Waals surface area contributed by atoms with Crippen LogP contribution in [0.1, 0.15) is 17.5 Å². The van der Waals surface area contributed by atoms with Gasteiger partial charge in [-0.1, -0.05) is 49.0 Å². The van der Waals surface area contributed by atoms with Crippen molar-refractivity contribution in [1.29, 1.82) is 0 Å². The molecule has 2 saturated heterocycles. The number of carbonyl (C=O) groups is 2. The molecule has 3 atom stereocenters. The Morgan fingerprint density at radius 2 is 1.74 bits per heavy atom. The molecule has 0 aliphatic carbocycles. The number of nitrogens with zero attached hydrogens (tertiary/aromatic N) is 2. The minimum absolute atomic E-state index is 0.00581. The lowest BCUT2D eigenvalue weighted by Gasteiger charge is -2.21. The Balaban J connectivity index is 1.38. The molecule has 0 saturated carbocycles. The zero-order valence-corrected chi connectivity index (χ0v) is 19.4. The summed E-state index contributed by atoms with van der Waals surface area (Å²) in [4.78, 5) is 24.6. The van der Waals surface area contributed by atoms with E-state index >= 15 is 0 Å². The van der Waals surface area contributed by atoms with Crippen LogP contribution in [-0.4, -0.2) is 60.2 Å². The fourth-order valence-electron chi connectivity index (χ4n) is 4.36. The van der Waals surface area contributed by atoms with Crippen LogP contribution in [0.25, 0.3) is 0 Å². The van der Waals surface area contributed by atoms with E-state index in [2.05, 4.69) is 11.9 Å². The summed E-state index contributed by atoms with van der Waals surface area (Å²) in [6, 6.07) is 15.6. The number of sulfonamides is 1. The van der Waals surface area contributed by atoms with Crippen molar-refractivity contribution in [2.45, 2.75) is 36.7 Å². The van der Waals surface area contributed by atoms with Crippen molar-refractivity contribution in [1.82, 2.24) is 14.5 Å². The molecule has 2 aliphatic heterocycles. The van der Waals surface area contributed by atoms with E-state index in [9.17, 15) is 23.1 Å². The molecular formula is C24H27N3O6S. The lowest BCUT2D eigenvalue weighted by molar-refractivity contribution is -0.120. The van der Waals surface area contributed by atoms with E-state index in [-0.39, 0.29) is 42.5 Å². The molecule has 0 radical (unpaired) electrons. The van der Waals surface area contributed by atoms with Crippen molar-refractivity contribution in [3.05, 3.63) is 78.4 Å². The molecule has 34 heavy (non-hydrogen) atoms. The lowest BCUT2D eigenvalue weighted by Crippen LogP contribution is -2.37. The molecular weight excluding hydrogens is 458 g/mol. The van der Waals surface area contributed by atoms with Crippen molar-refractivity contribution in [3.63, 3.8) is 0 Å². The second kappa shape index (κ2) is 9.96. The van der Waals surface area contributed by atoms with Gasteiger partial charge in [-0.3, -0.25) is 9.69 Å². The molecule has 4 rings (SSSR count). The third-order valence-corrected chi connectivity index (χ3v) is 7.96. The Kier molecular flexibility index (Phi) is 7.01. The molecule has 3 unspecified atom stereocenters. The second-order valence-corrected chi connectivity index (χ2v) is 10.4. The Morgan fingerprint density at radius 3 is 2.32 bits per heavy atom. The maximum absolute atomic E-state index is 13.1. The number of rotatable bonds is 8. The van der Waals surface area contributed by atoms with Gasteiger partial charge in [0.15, 0.2) is 0 Å². The first-order chi connectivity index (χ1) is 16.3. The van der Waals surface area contributed by atoms with Crippen LogP contribution >= 0.6 is 0 Å². The largest absolute Gasteiger partial charge is 0.465 e. The van der Waals surface area contributed by atoms with E-state index in [0.717, 1.165) is 5.56 Å². The molecule has 2 heterocycles. The highest BCUT2D eigenvalue weighted by atomic mass is 32.2. The van der Waals surface area contributed by atoms with Gasteiger partial charge in [0, 0.05) is 32.1 Å². The van der Waals surface area contributed by atoms with Crippen LogP contribution in [0.3, 0.4) is 0 Å². The monoisotopic (exact) mass is 485 g/mol. The SMILES string of the molecule is C=CC(=O)NC1CC2CN(S(=O)(=O)c3ccc(CN(Cc4ccccc4)C(=O)O)cc3)CC2O1. The number of amides is 2. The van der Waals surface area contributed by atoms with Gasteiger partial charge in [0.1, 0.15) is 6.23 Å². The summed E-state index contributed by atoms with van der Waals surface area (Å²) in [6.45, 7) is 4.33. The normalized spacial score (nSPS) is 22.2. The van der Waals surface area contributed by atoms with Crippen LogP contribution < -0.4 is 5.32 Å². The third-order valence-electron chi connectivity index (χ3n) is 6.11. The van der Waals surface area contributed by atoms with Gasteiger partial charge in [0.25, 0.3) is 0 Å². The van der Waals surface area contributed by atoms with E-state index in [1.165, 1.54) is 27.4 Å². The first-order valence-corrected chi connectivity index (χ1v) is 12.4. The summed E-state index contributed by atoms with van der Waals surface area (Å²) in [5.74, 6) is -0.314. The lowest BCUT2D eigenvalue weighted by atomic mass is 10.1. The molecule has 2 aliphatic rings. The molecule has 0 aromatic heterocycles. The molecule has 2 aromatic rings. The second-order valence-electron chi connectivity index (χ2n) is 8.46. The Hall–Kier alpha value is -3.21. The van der Waals surface area contributed by atoms with Crippen LogP contribution in [0.4, 0.5) is 4.79 Å². The van der Waals surface area contributed by atoms with E-state index in [0.29, 0.717) is 18.5 Å². The number of hydrogen-bond acceptors (Lipinski definition) is 5. The van der Waals surface area contributed by atoms with Crippen molar-refractivity contribution in [3.8, 4) is 0 Å². The maximum Gasteiger partial charge on any atom is 0.407 e. The summed E-state index contributed by atoms with van der Waals surface area (Å²) < 4.78 is 33.5. The van der Waals surface area contributed by atoms with Crippen molar-refractivity contribution < 1.29 is 27.9 Å². The number of hydrogen-bond donors (Lipinski definition) is 2. The Morgan fingerprint density at radius 1 is 1.09 bits per heavy atom. The first kappa shape index (κ1) is 23.9. The van der Waals surface area contributed by atoms with E-state index in [4.69, 9.17) is 4.74 Å². The summed E-state index contributed by atoms with van der Waals surface area (Å²) in [6.07, 6.45) is -0.0348. The van der Waals surface area contributed by atoms with Gasteiger partial charge in [-0.25, -0.2) is 13.2 Å². The molecule has 9 nitrogen and oxygen atoms in total. The number of benzene rings is 2. The van der Waals surface area contributed by atoms with Gasteiger partial charge in [0.05, 0.1) is 11.0 Å². The standard InChI is InChI=1S/C24H27N3O6S/c1-2-22(28)25-23-12-19-15-27(16-21(19)33-23)34(31,32)20-10-8-18(9-11-20)14-26(24(29)30)13-17-6-4-3-5-7-17/h2-11,19,21,23H,1,12-16H2,(H,25,28)(H,29,30). The number of ether oxygens (including phenoxy) is 1. The average Bonchev–Trinajstić information content (AvgIpc) is 3.39. The number of fused-ring (bicyclic) bond motifs is 1. The van der Waals surface area contributed by atoms with Gasteiger partial charge >= 0.3 is 6.09 Å². The van der Waals surface area contributed by atoms with Crippen LogP contribution in [0, 0.1) is 5.92 Å². The van der Waals surface area contributed by atoms with Crippen LogP contribution in [0.15, 0.2) is 72.1 Å². The van der Waals surface area contributed by atoms with Gasteiger partial charge in [-0.05, 0) is 35.8 Å². The van der Waals surface area contributed by atoms with Gasteiger partial charge in [-0.2, -0.15) is 4.31 Å². The highest BCUT2D eigenvalue weighted by molar-refractivity contribution is 7.89. The number of carboxylic acid groups (broad SMARTS) is 1. The van der Waals surface area contributed by atoms with Gasteiger partial charge < -0.3 is 15.2 Å². The molecule has 2 N–H and O–H groups in total. The molecule has 10 heteroatoms. The van der Waals surface area contributed by atoms with E-state index in [1.54, 1.807) is 12.1 Å².